The van der Waals surface area contributed by atoms with E-state index in [2.05, 4.69) is 5.32 Å². The Morgan fingerprint density at radius 1 is 1.14 bits per heavy atom. The fourth-order valence-corrected chi connectivity index (χ4v) is 3.78. The number of hydrogen-bond acceptors (Lipinski definition) is 4. The third-order valence-corrected chi connectivity index (χ3v) is 5.57. The zero-order valence-electron chi connectivity index (χ0n) is 16.1. The molecule has 1 saturated carbocycles. The number of amides is 2. The van der Waals surface area contributed by atoms with Crippen LogP contribution in [0.25, 0.3) is 0 Å². The number of nitrogens with zero attached hydrogens (tertiary/aromatic N) is 2. The number of rotatable bonds is 5. The summed E-state index contributed by atoms with van der Waals surface area (Å²) < 4.78 is 0. The van der Waals surface area contributed by atoms with Crippen LogP contribution in [0.15, 0.2) is 42.5 Å². The Kier molecular flexibility index (Phi) is 6.49. The first-order chi connectivity index (χ1) is 13.9. The second kappa shape index (κ2) is 9.05. The molecule has 0 aromatic heterocycles. The number of carbonyl (C=O) groups excluding carboxylic acids is 2. The Bertz CT molecular complexity index is 941. The van der Waals surface area contributed by atoms with Gasteiger partial charge in [-0.05, 0) is 37.1 Å². The SMILES string of the molecule is CN(C(=O)c1ccccc1NC(=O)c1ccc(Cl)c([N+](=O)[O-])c1)C1CCCCC1. The molecule has 1 aliphatic rings. The molecule has 0 atom stereocenters. The molecule has 0 heterocycles. The van der Waals surface area contributed by atoms with Gasteiger partial charge in [0.1, 0.15) is 5.02 Å². The normalized spacial score (nSPS) is 14.3. The van der Waals surface area contributed by atoms with E-state index in [1.165, 1.54) is 18.6 Å². The van der Waals surface area contributed by atoms with Gasteiger partial charge in [0.15, 0.2) is 0 Å². The lowest BCUT2D eigenvalue weighted by atomic mass is 9.94. The first-order valence-electron chi connectivity index (χ1n) is 9.50. The highest BCUT2D eigenvalue weighted by Gasteiger charge is 2.25. The van der Waals surface area contributed by atoms with Crippen LogP contribution in [0.1, 0.15) is 52.8 Å². The molecule has 2 aromatic rings. The molecule has 1 fully saturated rings. The van der Waals surface area contributed by atoms with Crippen LogP contribution >= 0.6 is 11.6 Å². The highest BCUT2D eigenvalue weighted by atomic mass is 35.5. The Hall–Kier alpha value is -2.93. The second-order valence-corrected chi connectivity index (χ2v) is 7.54. The van der Waals surface area contributed by atoms with Crippen molar-refractivity contribution in [3.05, 3.63) is 68.7 Å². The summed E-state index contributed by atoms with van der Waals surface area (Å²) in [4.78, 5) is 37.9. The summed E-state index contributed by atoms with van der Waals surface area (Å²) in [5.74, 6) is -0.708. The maximum Gasteiger partial charge on any atom is 0.288 e. The topological polar surface area (TPSA) is 92.6 Å². The summed E-state index contributed by atoms with van der Waals surface area (Å²) in [5.41, 5.74) is 0.491. The molecule has 8 heteroatoms. The van der Waals surface area contributed by atoms with Gasteiger partial charge >= 0.3 is 0 Å². The van der Waals surface area contributed by atoms with Crippen molar-refractivity contribution in [3.63, 3.8) is 0 Å². The van der Waals surface area contributed by atoms with Crippen molar-refractivity contribution in [2.24, 2.45) is 0 Å². The number of benzene rings is 2. The summed E-state index contributed by atoms with van der Waals surface area (Å²) in [6.07, 6.45) is 5.36. The summed E-state index contributed by atoms with van der Waals surface area (Å²) in [6, 6.07) is 10.8. The molecule has 7 nitrogen and oxygen atoms in total. The van der Waals surface area contributed by atoms with Crippen molar-refractivity contribution < 1.29 is 14.5 Å². The van der Waals surface area contributed by atoms with E-state index < -0.39 is 10.8 Å². The molecular formula is C21H22ClN3O4. The third kappa shape index (κ3) is 4.74. The van der Waals surface area contributed by atoms with E-state index in [1.54, 1.807) is 36.2 Å². The zero-order chi connectivity index (χ0) is 21.0. The van der Waals surface area contributed by atoms with Crippen molar-refractivity contribution in [2.75, 3.05) is 12.4 Å². The lowest BCUT2D eigenvalue weighted by molar-refractivity contribution is -0.384. The average Bonchev–Trinajstić information content (AvgIpc) is 2.73. The van der Waals surface area contributed by atoms with Crippen molar-refractivity contribution in [2.45, 2.75) is 38.1 Å². The Labute approximate surface area is 173 Å². The van der Waals surface area contributed by atoms with Gasteiger partial charge in [-0.1, -0.05) is 43.0 Å². The summed E-state index contributed by atoms with van der Waals surface area (Å²) in [5, 5.41) is 13.7. The monoisotopic (exact) mass is 415 g/mol. The zero-order valence-corrected chi connectivity index (χ0v) is 16.8. The van der Waals surface area contributed by atoms with Gasteiger partial charge in [-0.25, -0.2) is 0 Å². The molecule has 0 spiro atoms. The number of nitro groups is 1. The van der Waals surface area contributed by atoms with Crippen molar-refractivity contribution in [1.82, 2.24) is 4.90 Å². The first kappa shape index (κ1) is 20.8. The molecular weight excluding hydrogens is 394 g/mol. The van der Waals surface area contributed by atoms with Gasteiger partial charge in [-0.15, -0.1) is 0 Å². The van der Waals surface area contributed by atoms with Gasteiger partial charge in [0.05, 0.1) is 16.2 Å². The number of para-hydroxylation sites is 1. The molecule has 2 amide bonds. The molecule has 0 saturated heterocycles. The number of nitro benzene ring substituents is 1. The number of hydrogen-bond donors (Lipinski definition) is 1. The predicted octanol–water partition coefficient (Wildman–Crippen LogP) is 4.91. The van der Waals surface area contributed by atoms with Crippen molar-refractivity contribution in [3.8, 4) is 0 Å². The maximum absolute atomic E-state index is 13.0. The summed E-state index contributed by atoms with van der Waals surface area (Å²) in [7, 11) is 1.79. The molecule has 2 aromatic carbocycles. The van der Waals surface area contributed by atoms with Gasteiger partial charge in [0.2, 0.25) is 0 Å². The van der Waals surface area contributed by atoms with E-state index in [1.807, 2.05) is 0 Å². The van der Waals surface area contributed by atoms with E-state index in [0.29, 0.717) is 11.3 Å². The quantitative estimate of drug-likeness (QED) is 0.554. The minimum atomic E-state index is -0.643. The highest BCUT2D eigenvalue weighted by Crippen LogP contribution is 2.27. The van der Waals surface area contributed by atoms with Crippen molar-refractivity contribution >= 4 is 34.8 Å². The van der Waals surface area contributed by atoms with Crippen LogP contribution in [0.5, 0.6) is 0 Å². The molecule has 1 N–H and O–H groups in total. The molecule has 29 heavy (non-hydrogen) atoms. The lowest BCUT2D eigenvalue weighted by Gasteiger charge is -2.31. The highest BCUT2D eigenvalue weighted by molar-refractivity contribution is 6.32. The lowest BCUT2D eigenvalue weighted by Crippen LogP contribution is -2.38. The van der Waals surface area contributed by atoms with E-state index in [0.717, 1.165) is 31.7 Å². The van der Waals surface area contributed by atoms with Gasteiger partial charge in [-0.3, -0.25) is 19.7 Å². The molecule has 0 unspecified atom stereocenters. The fraction of sp³-hybridized carbons (Fsp3) is 0.333. The second-order valence-electron chi connectivity index (χ2n) is 7.13. The minimum Gasteiger partial charge on any atom is -0.339 e. The van der Waals surface area contributed by atoms with Crippen LogP contribution in [-0.4, -0.2) is 34.7 Å². The van der Waals surface area contributed by atoms with Crippen LogP contribution in [0.4, 0.5) is 11.4 Å². The number of anilines is 1. The fourth-order valence-electron chi connectivity index (χ4n) is 3.59. The Morgan fingerprint density at radius 2 is 1.83 bits per heavy atom. The summed E-state index contributed by atoms with van der Waals surface area (Å²) >= 11 is 5.81. The largest absolute Gasteiger partial charge is 0.339 e. The van der Waals surface area contributed by atoms with E-state index in [4.69, 9.17) is 11.6 Å². The van der Waals surface area contributed by atoms with Crippen LogP contribution < -0.4 is 5.32 Å². The summed E-state index contributed by atoms with van der Waals surface area (Å²) in [6.45, 7) is 0. The van der Waals surface area contributed by atoms with Gasteiger partial charge in [0, 0.05) is 24.7 Å². The first-order valence-corrected chi connectivity index (χ1v) is 9.87. The smallest absolute Gasteiger partial charge is 0.288 e. The van der Waals surface area contributed by atoms with Gasteiger partial charge < -0.3 is 10.2 Å². The van der Waals surface area contributed by atoms with Crippen molar-refractivity contribution in [1.29, 1.82) is 0 Å². The molecule has 0 bridgehead atoms. The molecule has 3 rings (SSSR count). The molecule has 0 radical (unpaired) electrons. The van der Waals surface area contributed by atoms with E-state index in [9.17, 15) is 19.7 Å². The van der Waals surface area contributed by atoms with Crippen LogP contribution in [0.2, 0.25) is 5.02 Å². The Morgan fingerprint density at radius 3 is 2.52 bits per heavy atom. The van der Waals surface area contributed by atoms with Gasteiger partial charge in [0.25, 0.3) is 17.5 Å². The number of nitrogens with one attached hydrogen (secondary N) is 1. The molecule has 1 aliphatic carbocycles. The van der Waals surface area contributed by atoms with Crippen LogP contribution in [0, 0.1) is 10.1 Å². The van der Waals surface area contributed by atoms with E-state index >= 15 is 0 Å². The van der Waals surface area contributed by atoms with Crippen LogP contribution in [0.3, 0.4) is 0 Å². The average molecular weight is 416 g/mol. The van der Waals surface area contributed by atoms with E-state index in [-0.39, 0.29) is 28.2 Å². The Balaban J connectivity index is 1.82. The van der Waals surface area contributed by atoms with Crippen LogP contribution in [-0.2, 0) is 0 Å². The number of carbonyl (C=O) groups is 2. The van der Waals surface area contributed by atoms with Gasteiger partial charge in [-0.2, -0.15) is 0 Å². The predicted molar refractivity (Wildman–Crippen MR) is 111 cm³/mol. The molecule has 152 valence electrons. The minimum absolute atomic E-state index is 0.0452. The standard InChI is InChI=1S/C21H22ClN3O4/c1-24(15-7-3-2-4-8-15)21(27)16-9-5-6-10-18(16)23-20(26)14-11-12-17(22)19(13-14)25(28)29/h5-6,9-13,15H,2-4,7-8H2,1H3,(H,23,26). The number of halogens is 1. The molecule has 0 aliphatic heterocycles. The third-order valence-electron chi connectivity index (χ3n) is 5.25. The maximum atomic E-state index is 13.0.